The highest BCUT2D eigenvalue weighted by atomic mass is 35.5. The molecule has 2 aromatic carbocycles. The average molecular weight is 379 g/mol. The van der Waals surface area contributed by atoms with E-state index in [0.717, 1.165) is 0 Å². The Labute approximate surface area is 154 Å². The quantitative estimate of drug-likeness (QED) is 0.873. The van der Waals surface area contributed by atoms with E-state index in [9.17, 15) is 18.4 Å². The van der Waals surface area contributed by atoms with E-state index in [-0.39, 0.29) is 22.8 Å². The molecule has 136 valence electrons. The van der Waals surface area contributed by atoms with Crippen LogP contribution in [0.25, 0.3) is 0 Å². The SMILES string of the molecule is O=C(Nc1ccc(F)c(Cl)c1)C1CCN(C(=O)c2cccc(F)c2)CC1. The number of piperidine rings is 1. The lowest BCUT2D eigenvalue weighted by atomic mass is 9.95. The van der Waals surface area contributed by atoms with Crippen molar-refractivity contribution >= 4 is 29.1 Å². The van der Waals surface area contributed by atoms with Gasteiger partial charge in [0, 0.05) is 30.3 Å². The molecular weight excluding hydrogens is 362 g/mol. The van der Waals surface area contributed by atoms with Crippen molar-refractivity contribution in [1.82, 2.24) is 4.90 Å². The first-order valence-electron chi connectivity index (χ1n) is 8.25. The fourth-order valence-corrected chi connectivity index (χ4v) is 3.15. The van der Waals surface area contributed by atoms with Crippen molar-refractivity contribution in [1.29, 1.82) is 0 Å². The van der Waals surface area contributed by atoms with Crippen LogP contribution in [0, 0.1) is 17.6 Å². The van der Waals surface area contributed by atoms with E-state index >= 15 is 0 Å². The van der Waals surface area contributed by atoms with Gasteiger partial charge < -0.3 is 10.2 Å². The number of halogens is 3. The summed E-state index contributed by atoms with van der Waals surface area (Å²) in [6.07, 6.45) is 1.00. The number of likely N-dealkylation sites (tertiary alicyclic amines) is 1. The average Bonchev–Trinajstić information content (AvgIpc) is 2.64. The van der Waals surface area contributed by atoms with Crippen molar-refractivity contribution in [3.8, 4) is 0 Å². The number of amides is 2. The minimum absolute atomic E-state index is 0.0571. The molecule has 0 spiro atoms. The Morgan fingerprint density at radius 2 is 1.81 bits per heavy atom. The van der Waals surface area contributed by atoms with Gasteiger partial charge in [0.2, 0.25) is 5.91 Å². The van der Waals surface area contributed by atoms with Crippen LogP contribution in [0.2, 0.25) is 5.02 Å². The lowest BCUT2D eigenvalue weighted by molar-refractivity contribution is -0.121. The van der Waals surface area contributed by atoms with E-state index in [1.807, 2.05) is 0 Å². The molecule has 7 heteroatoms. The Hall–Kier alpha value is -2.47. The zero-order valence-electron chi connectivity index (χ0n) is 13.8. The molecule has 1 fully saturated rings. The van der Waals surface area contributed by atoms with Crippen LogP contribution in [0.4, 0.5) is 14.5 Å². The molecule has 0 aromatic heterocycles. The van der Waals surface area contributed by atoms with E-state index in [0.29, 0.717) is 37.2 Å². The normalized spacial score (nSPS) is 15.0. The molecule has 1 aliphatic heterocycles. The summed E-state index contributed by atoms with van der Waals surface area (Å²) in [5.41, 5.74) is 0.730. The lowest BCUT2D eigenvalue weighted by Gasteiger charge is -2.31. The van der Waals surface area contributed by atoms with E-state index in [2.05, 4.69) is 5.32 Å². The zero-order valence-corrected chi connectivity index (χ0v) is 14.6. The first kappa shape index (κ1) is 18.3. The largest absolute Gasteiger partial charge is 0.339 e. The van der Waals surface area contributed by atoms with Gasteiger partial charge in [-0.1, -0.05) is 17.7 Å². The molecule has 0 aliphatic carbocycles. The van der Waals surface area contributed by atoms with E-state index < -0.39 is 11.6 Å². The molecule has 2 amide bonds. The maximum Gasteiger partial charge on any atom is 0.253 e. The molecule has 1 aliphatic rings. The first-order valence-corrected chi connectivity index (χ1v) is 8.62. The van der Waals surface area contributed by atoms with Gasteiger partial charge in [-0.05, 0) is 49.2 Å². The molecule has 0 bridgehead atoms. The summed E-state index contributed by atoms with van der Waals surface area (Å²) >= 11 is 5.71. The summed E-state index contributed by atoms with van der Waals surface area (Å²) in [4.78, 5) is 26.4. The van der Waals surface area contributed by atoms with Crippen molar-refractivity contribution in [2.24, 2.45) is 5.92 Å². The molecule has 1 heterocycles. The fraction of sp³-hybridized carbons (Fsp3) is 0.263. The van der Waals surface area contributed by atoms with Gasteiger partial charge in [0.15, 0.2) is 0 Å². The van der Waals surface area contributed by atoms with Crippen LogP contribution >= 0.6 is 11.6 Å². The van der Waals surface area contributed by atoms with Crippen molar-refractivity contribution in [3.63, 3.8) is 0 Å². The Bertz CT molecular complexity index is 836. The summed E-state index contributed by atoms with van der Waals surface area (Å²) in [5, 5.41) is 2.66. The minimum atomic E-state index is -0.547. The minimum Gasteiger partial charge on any atom is -0.339 e. The highest BCUT2D eigenvalue weighted by Gasteiger charge is 2.28. The van der Waals surface area contributed by atoms with Gasteiger partial charge in [-0.25, -0.2) is 8.78 Å². The molecule has 0 radical (unpaired) electrons. The number of anilines is 1. The Morgan fingerprint density at radius 1 is 1.08 bits per heavy atom. The van der Waals surface area contributed by atoms with Crippen LogP contribution in [-0.4, -0.2) is 29.8 Å². The third kappa shape index (κ3) is 4.19. The number of nitrogens with zero attached hydrogens (tertiary/aromatic N) is 1. The van der Waals surface area contributed by atoms with Crippen LogP contribution < -0.4 is 5.32 Å². The first-order chi connectivity index (χ1) is 12.4. The summed E-state index contributed by atoms with van der Waals surface area (Å²) in [6, 6.07) is 9.56. The highest BCUT2D eigenvalue weighted by Crippen LogP contribution is 2.23. The van der Waals surface area contributed by atoms with Gasteiger partial charge in [0.25, 0.3) is 5.91 Å². The third-order valence-corrected chi connectivity index (χ3v) is 4.70. The predicted molar refractivity (Wildman–Crippen MR) is 95.1 cm³/mol. The Balaban J connectivity index is 1.56. The number of nitrogens with one attached hydrogen (secondary N) is 1. The number of benzene rings is 2. The van der Waals surface area contributed by atoms with Gasteiger partial charge in [0.05, 0.1) is 5.02 Å². The van der Waals surface area contributed by atoms with Gasteiger partial charge in [-0.2, -0.15) is 0 Å². The van der Waals surface area contributed by atoms with Crippen molar-refractivity contribution in [2.75, 3.05) is 18.4 Å². The summed E-state index contributed by atoms with van der Waals surface area (Å²) in [6.45, 7) is 0.829. The summed E-state index contributed by atoms with van der Waals surface area (Å²) < 4.78 is 26.4. The van der Waals surface area contributed by atoms with E-state index in [4.69, 9.17) is 11.6 Å². The lowest BCUT2D eigenvalue weighted by Crippen LogP contribution is -2.41. The van der Waals surface area contributed by atoms with Crippen molar-refractivity contribution in [3.05, 3.63) is 64.7 Å². The van der Waals surface area contributed by atoms with Gasteiger partial charge in [-0.3, -0.25) is 9.59 Å². The molecule has 0 saturated carbocycles. The number of carbonyl (C=O) groups excluding carboxylic acids is 2. The summed E-state index contributed by atoms with van der Waals surface area (Å²) in [5.74, 6) is -1.69. The van der Waals surface area contributed by atoms with Crippen molar-refractivity contribution < 1.29 is 18.4 Å². The number of hydrogen-bond donors (Lipinski definition) is 1. The molecule has 4 nitrogen and oxygen atoms in total. The molecule has 1 saturated heterocycles. The number of carbonyl (C=O) groups is 2. The topological polar surface area (TPSA) is 49.4 Å². The van der Waals surface area contributed by atoms with Gasteiger partial charge >= 0.3 is 0 Å². The van der Waals surface area contributed by atoms with Crippen LogP contribution in [-0.2, 0) is 4.79 Å². The number of rotatable bonds is 3. The molecule has 26 heavy (non-hydrogen) atoms. The maximum absolute atomic E-state index is 13.3. The number of hydrogen-bond acceptors (Lipinski definition) is 2. The monoisotopic (exact) mass is 378 g/mol. The fourth-order valence-electron chi connectivity index (χ4n) is 2.97. The standard InChI is InChI=1S/C19H17ClF2N2O2/c20-16-11-15(4-5-17(16)22)23-18(25)12-6-8-24(9-7-12)19(26)13-2-1-3-14(21)10-13/h1-5,10-12H,6-9H2,(H,23,25). The van der Waals surface area contributed by atoms with E-state index in [1.165, 1.54) is 36.4 Å². The van der Waals surface area contributed by atoms with Crippen LogP contribution in [0.15, 0.2) is 42.5 Å². The maximum atomic E-state index is 13.3. The molecule has 1 N–H and O–H groups in total. The Kier molecular flexibility index (Phi) is 5.52. The van der Waals surface area contributed by atoms with Gasteiger partial charge in [0.1, 0.15) is 11.6 Å². The second kappa shape index (κ2) is 7.83. The van der Waals surface area contributed by atoms with Crippen LogP contribution in [0.3, 0.4) is 0 Å². The molecule has 2 aromatic rings. The van der Waals surface area contributed by atoms with Crippen molar-refractivity contribution in [2.45, 2.75) is 12.8 Å². The van der Waals surface area contributed by atoms with Crippen LogP contribution in [0.5, 0.6) is 0 Å². The molecular formula is C19H17ClF2N2O2. The second-order valence-corrected chi connectivity index (χ2v) is 6.60. The molecule has 3 rings (SSSR count). The third-order valence-electron chi connectivity index (χ3n) is 4.41. The van der Waals surface area contributed by atoms with Gasteiger partial charge in [-0.15, -0.1) is 0 Å². The molecule has 0 unspecified atom stereocenters. The smallest absolute Gasteiger partial charge is 0.253 e. The zero-order chi connectivity index (χ0) is 18.7. The van der Waals surface area contributed by atoms with Crippen LogP contribution in [0.1, 0.15) is 23.2 Å². The predicted octanol–water partition coefficient (Wildman–Crippen LogP) is 4.11. The summed E-state index contributed by atoms with van der Waals surface area (Å²) in [7, 11) is 0. The highest BCUT2D eigenvalue weighted by molar-refractivity contribution is 6.31. The Morgan fingerprint density at radius 3 is 2.46 bits per heavy atom. The molecule has 0 atom stereocenters. The van der Waals surface area contributed by atoms with E-state index in [1.54, 1.807) is 11.0 Å². The second-order valence-electron chi connectivity index (χ2n) is 6.19.